The molecule has 8 nitrogen and oxygen atoms in total. The lowest BCUT2D eigenvalue weighted by molar-refractivity contribution is -0.125. The van der Waals surface area contributed by atoms with Gasteiger partial charge >= 0.3 is 6.09 Å². The van der Waals surface area contributed by atoms with Crippen molar-refractivity contribution in [3.63, 3.8) is 0 Å². The van der Waals surface area contributed by atoms with Gasteiger partial charge in [-0.15, -0.1) is 0 Å². The van der Waals surface area contributed by atoms with Gasteiger partial charge in [0, 0.05) is 44.6 Å². The van der Waals surface area contributed by atoms with E-state index in [9.17, 15) is 22.8 Å². The summed E-state index contributed by atoms with van der Waals surface area (Å²) in [7, 11) is 1.36. The minimum Gasteiger partial charge on any atom is -0.481 e. The molecule has 184 valence electrons. The monoisotopic (exact) mass is 472 g/mol. The molecule has 2 aliphatic heterocycles. The van der Waals surface area contributed by atoms with Crippen molar-refractivity contribution in [2.24, 2.45) is 0 Å². The number of methoxy groups -OCH3 is 1. The Hall–Kier alpha value is -2.72. The number of rotatable bonds is 5. The highest BCUT2D eigenvalue weighted by molar-refractivity contribution is 5.86. The number of ether oxygens (including phenoxy) is 2. The Morgan fingerprint density at radius 3 is 2.52 bits per heavy atom. The van der Waals surface area contributed by atoms with Crippen LogP contribution in [0.5, 0.6) is 5.88 Å². The van der Waals surface area contributed by atoms with Crippen LogP contribution in [0.1, 0.15) is 52.0 Å². The number of likely N-dealkylation sites (tertiary alicyclic amines) is 1. The normalized spacial score (nSPS) is 20.5. The van der Waals surface area contributed by atoms with Crippen molar-refractivity contribution in [2.45, 2.75) is 70.6 Å². The second-order valence-electron chi connectivity index (χ2n) is 9.35. The van der Waals surface area contributed by atoms with Crippen molar-refractivity contribution in [1.82, 2.24) is 15.2 Å². The molecule has 2 fully saturated rings. The summed E-state index contributed by atoms with van der Waals surface area (Å²) >= 11 is 0. The maximum absolute atomic E-state index is 14.8. The molecule has 0 aliphatic carbocycles. The molecule has 3 rings (SSSR count). The number of nitrogens with one attached hydrogen (secondary N) is 1. The number of nitrogens with zero attached hydrogens (tertiary/aromatic N) is 3. The molecule has 0 radical (unpaired) electrons. The van der Waals surface area contributed by atoms with E-state index < -0.39 is 29.5 Å². The van der Waals surface area contributed by atoms with Gasteiger partial charge in [-0.1, -0.05) is 0 Å². The molecular formula is C22H31F3N4O4. The molecule has 1 aromatic rings. The van der Waals surface area contributed by atoms with Gasteiger partial charge in [0.1, 0.15) is 11.6 Å². The van der Waals surface area contributed by atoms with Crippen molar-refractivity contribution < 1.29 is 32.2 Å². The van der Waals surface area contributed by atoms with Crippen LogP contribution >= 0.6 is 0 Å². The molecule has 2 saturated heterocycles. The Morgan fingerprint density at radius 2 is 1.91 bits per heavy atom. The molecule has 33 heavy (non-hydrogen) atoms. The number of piperidine rings is 1. The molecule has 1 aromatic heterocycles. The summed E-state index contributed by atoms with van der Waals surface area (Å²) in [5.74, 6) is -3.78. The molecule has 2 aliphatic rings. The highest BCUT2D eigenvalue weighted by Gasteiger charge is 2.37. The second-order valence-corrected chi connectivity index (χ2v) is 9.35. The van der Waals surface area contributed by atoms with Crippen LogP contribution in [-0.4, -0.2) is 66.2 Å². The number of anilines is 1. The zero-order valence-corrected chi connectivity index (χ0v) is 19.4. The summed E-state index contributed by atoms with van der Waals surface area (Å²) in [6.45, 7) is 5.57. The molecule has 2 amide bonds. The van der Waals surface area contributed by atoms with E-state index in [1.54, 1.807) is 20.8 Å². The van der Waals surface area contributed by atoms with Gasteiger partial charge in [0.2, 0.25) is 11.8 Å². The first-order chi connectivity index (χ1) is 15.4. The van der Waals surface area contributed by atoms with E-state index in [0.717, 1.165) is 0 Å². The second kappa shape index (κ2) is 9.64. The molecule has 0 spiro atoms. The molecule has 11 heteroatoms. The van der Waals surface area contributed by atoms with E-state index in [2.05, 4.69) is 10.3 Å². The van der Waals surface area contributed by atoms with E-state index in [-0.39, 0.29) is 50.1 Å². The standard InChI is InChI=1S/C22H31F3N4O4/c1-21(2,3)33-20(31)29-9-5-6-16(29)18(30)26-13-14-12-15(23)17(27-19(14)32-4)28-10-7-22(24,25)8-11-28/h12,16H,5-11,13H2,1-4H3,(H,26,30). The lowest BCUT2D eigenvalue weighted by atomic mass is 10.1. The average molecular weight is 473 g/mol. The minimum absolute atomic E-state index is 0.0155. The minimum atomic E-state index is -2.76. The van der Waals surface area contributed by atoms with Gasteiger partial charge in [-0.25, -0.2) is 18.0 Å². The first-order valence-corrected chi connectivity index (χ1v) is 11.0. The summed E-state index contributed by atoms with van der Waals surface area (Å²) in [6, 6.07) is 0.507. The fourth-order valence-corrected chi connectivity index (χ4v) is 3.95. The van der Waals surface area contributed by atoms with Crippen LogP contribution in [0.15, 0.2) is 6.07 Å². The third kappa shape index (κ3) is 6.20. The zero-order chi connectivity index (χ0) is 24.4. The summed E-state index contributed by atoms with van der Waals surface area (Å²) < 4.78 is 52.3. The number of hydrogen-bond donors (Lipinski definition) is 1. The predicted octanol–water partition coefficient (Wildman–Crippen LogP) is 3.48. The van der Waals surface area contributed by atoms with Gasteiger partial charge < -0.3 is 19.7 Å². The first-order valence-electron chi connectivity index (χ1n) is 11.0. The van der Waals surface area contributed by atoms with E-state index >= 15 is 0 Å². The Kier molecular flexibility index (Phi) is 7.28. The topological polar surface area (TPSA) is 84.0 Å². The number of amides is 2. The maximum atomic E-state index is 14.8. The predicted molar refractivity (Wildman–Crippen MR) is 115 cm³/mol. The summed E-state index contributed by atoms with van der Waals surface area (Å²) in [5.41, 5.74) is -0.375. The maximum Gasteiger partial charge on any atom is 0.410 e. The van der Waals surface area contributed by atoms with Crippen LogP contribution in [-0.2, 0) is 16.1 Å². The largest absolute Gasteiger partial charge is 0.481 e. The van der Waals surface area contributed by atoms with E-state index in [0.29, 0.717) is 24.9 Å². The van der Waals surface area contributed by atoms with Crippen LogP contribution in [0, 0.1) is 5.82 Å². The SMILES string of the molecule is COc1nc(N2CCC(F)(F)CC2)c(F)cc1CNC(=O)C1CCCN1C(=O)OC(C)(C)C. The zero-order valence-electron chi connectivity index (χ0n) is 19.4. The number of halogens is 3. The highest BCUT2D eigenvalue weighted by atomic mass is 19.3. The van der Waals surface area contributed by atoms with Crippen molar-refractivity contribution in [2.75, 3.05) is 31.6 Å². The summed E-state index contributed by atoms with van der Waals surface area (Å²) in [6.07, 6.45) is -0.136. The summed E-state index contributed by atoms with van der Waals surface area (Å²) in [5, 5.41) is 2.71. The molecule has 1 atom stereocenters. The molecular weight excluding hydrogens is 441 g/mol. The van der Waals surface area contributed by atoms with Crippen molar-refractivity contribution in [3.05, 3.63) is 17.4 Å². The third-order valence-corrected chi connectivity index (χ3v) is 5.62. The number of hydrogen-bond acceptors (Lipinski definition) is 6. The molecule has 0 bridgehead atoms. The van der Waals surface area contributed by atoms with Gasteiger partial charge in [-0.2, -0.15) is 4.98 Å². The fourth-order valence-electron chi connectivity index (χ4n) is 3.95. The van der Waals surface area contributed by atoms with Gasteiger partial charge in [-0.05, 0) is 39.7 Å². The first kappa shape index (κ1) is 24.9. The Balaban J connectivity index is 1.66. The van der Waals surface area contributed by atoms with Crippen molar-refractivity contribution in [3.8, 4) is 5.88 Å². The quantitative estimate of drug-likeness (QED) is 0.707. The number of pyridine rings is 1. The van der Waals surface area contributed by atoms with Crippen LogP contribution in [0.25, 0.3) is 0 Å². The number of carbonyl (C=O) groups is 2. The smallest absolute Gasteiger partial charge is 0.410 e. The molecule has 1 N–H and O–H groups in total. The molecule has 3 heterocycles. The number of aromatic nitrogens is 1. The van der Waals surface area contributed by atoms with Crippen molar-refractivity contribution in [1.29, 1.82) is 0 Å². The van der Waals surface area contributed by atoms with Gasteiger partial charge in [0.25, 0.3) is 5.92 Å². The molecule has 0 aromatic carbocycles. The van der Waals surface area contributed by atoms with Crippen LogP contribution in [0.4, 0.5) is 23.8 Å². The van der Waals surface area contributed by atoms with Crippen molar-refractivity contribution >= 4 is 17.8 Å². The lowest BCUT2D eigenvalue weighted by Gasteiger charge is -2.33. The van der Waals surface area contributed by atoms with Gasteiger partial charge in [0.15, 0.2) is 11.6 Å². The Labute approximate surface area is 191 Å². The number of alkyl halides is 2. The van der Waals surface area contributed by atoms with Gasteiger partial charge in [0.05, 0.1) is 7.11 Å². The van der Waals surface area contributed by atoms with Crippen LogP contribution < -0.4 is 15.0 Å². The molecule has 0 saturated carbocycles. The Morgan fingerprint density at radius 1 is 1.24 bits per heavy atom. The average Bonchev–Trinajstić information content (AvgIpc) is 3.21. The van der Waals surface area contributed by atoms with E-state index in [1.165, 1.54) is 23.0 Å². The third-order valence-electron chi connectivity index (χ3n) is 5.62. The Bertz CT molecular complexity index is 881. The fraction of sp³-hybridized carbons (Fsp3) is 0.682. The van der Waals surface area contributed by atoms with E-state index in [4.69, 9.17) is 9.47 Å². The van der Waals surface area contributed by atoms with Gasteiger partial charge in [-0.3, -0.25) is 9.69 Å². The lowest BCUT2D eigenvalue weighted by Crippen LogP contribution is -2.47. The van der Waals surface area contributed by atoms with Crippen LogP contribution in [0.3, 0.4) is 0 Å². The number of carbonyl (C=O) groups excluding carboxylic acids is 2. The van der Waals surface area contributed by atoms with Crippen LogP contribution in [0.2, 0.25) is 0 Å². The highest BCUT2D eigenvalue weighted by Crippen LogP contribution is 2.32. The van der Waals surface area contributed by atoms with E-state index in [1.807, 2.05) is 0 Å². The summed E-state index contributed by atoms with van der Waals surface area (Å²) in [4.78, 5) is 32.2. The molecule has 1 unspecified atom stereocenters.